The van der Waals surface area contributed by atoms with Gasteiger partial charge in [-0.2, -0.15) is 0 Å². The first kappa shape index (κ1) is 13.0. The van der Waals surface area contributed by atoms with Crippen molar-refractivity contribution in [3.8, 4) is 0 Å². The second-order valence-corrected chi connectivity index (χ2v) is 5.15. The molecule has 1 aliphatic heterocycles. The fraction of sp³-hybridized carbons (Fsp3) is 0.545. The van der Waals surface area contributed by atoms with Crippen molar-refractivity contribution in [3.05, 3.63) is 16.1 Å². The van der Waals surface area contributed by atoms with Crippen molar-refractivity contribution in [3.63, 3.8) is 0 Å². The molecule has 0 atom stereocenters. The van der Waals surface area contributed by atoms with Crippen molar-refractivity contribution < 1.29 is 14.7 Å². The molecule has 1 N–H and O–H groups in total. The van der Waals surface area contributed by atoms with E-state index in [1.54, 1.807) is 4.90 Å². The number of carbonyl (C=O) groups is 2. The van der Waals surface area contributed by atoms with Crippen LogP contribution in [0.5, 0.6) is 0 Å². The summed E-state index contributed by atoms with van der Waals surface area (Å²) in [7, 11) is 2.02. The highest BCUT2D eigenvalue weighted by molar-refractivity contribution is 7.11. The summed E-state index contributed by atoms with van der Waals surface area (Å²) in [6.07, 6.45) is 0.0782. The average molecular weight is 269 g/mol. The van der Waals surface area contributed by atoms with Crippen LogP contribution in [0.2, 0.25) is 0 Å². The summed E-state index contributed by atoms with van der Waals surface area (Å²) in [6.45, 7) is 3.10. The molecule has 6 nitrogen and oxygen atoms in total. The molecule has 0 radical (unpaired) electrons. The monoisotopic (exact) mass is 269 g/mol. The third-order valence-electron chi connectivity index (χ3n) is 3.01. The molecule has 7 heteroatoms. The standard InChI is InChI=1S/C11H15N3O3S/c1-13-2-4-14(5-3-13)9(15)6-8-10(11(16)17)18-7-12-8/h7H,2-6H2,1H3,(H,16,17). The molecule has 0 aromatic carbocycles. The van der Waals surface area contributed by atoms with E-state index in [4.69, 9.17) is 5.11 Å². The van der Waals surface area contributed by atoms with Crippen molar-refractivity contribution >= 4 is 23.2 Å². The van der Waals surface area contributed by atoms with Crippen molar-refractivity contribution in [2.75, 3.05) is 33.2 Å². The van der Waals surface area contributed by atoms with Gasteiger partial charge >= 0.3 is 5.97 Å². The van der Waals surface area contributed by atoms with Crippen LogP contribution in [0.4, 0.5) is 0 Å². The molecule has 1 fully saturated rings. The minimum Gasteiger partial charge on any atom is -0.477 e. The quantitative estimate of drug-likeness (QED) is 0.846. The highest BCUT2D eigenvalue weighted by Gasteiger charge is 2.22. The van der Waals surface area contributed by atoms with E-state index in [0.29, 0.717) is 18.8 Å². The number of hydrogen-bond acceptors (Lipinski definition) is 5. The third-order valence-corrected chi connectivity index (χ3v) is 3.87. The maximum Gasteiger partial charge on any atom is 0.347 e. The normalized spacial score (nSPS) is 16.8. The van der Waals surface area contributed by atoms with Crippen LogP contribution in [0, 0.1) is 0 Å². The summed E-state index contributed by atoms with van der Waals surface area (Å²) in [4.78, 5) is 31.0. The van der Waals surface area contributed by atoms with Gasteiger partial charge in [0.25, 0.3) is 0 Å². The van der Waals surface area contributed by atoms with Gasteiger partial charge in [-0.25, -0.2) is 9.78 Å². The molecular weight excluding hydrogens is 254 g/mol. The average Bonchev–Trinajstić information content (AvgIpc) is 2.78. The van der Waals surface area contributed by atoms with Crippen LogP contribution in [0.3, 0.4) is 0 Å². The minimum absolute atomic E-state index is 0.0449. The number of nitrogens with zero attached hydrogens (tertiary/aromatic N) is 3. The molecule has 0 spiro atoms. The van der Waals surface area contributed by atoms with Crippen LogP contribution in [0.15, 0.2) is 5.51 Å². The second kappa shape index (κ2) is 5.45. The van der Waals surface area contributed by atoms with E-state index in [0.717, 1.165) is 24.4 Å². The van der Waals surface area contributed by atoms with Gasteiger partial charge in [0.15, 0.2) is 0 Å². The Morgan fingerprint density at radius 3 is 2.67 bits per heavy atom. The number of carbonyl (C=O) groups excluding carboxylic acids is 1. The first-order valence-corrected chi connectivity index (χ1v) is 6.58. The predicted molar refractivity (Wildman–Crippen MR) is 66.9 cm³/mol. The molecule has 1 aromatic rings. The highest BCUT2D eigenvalue weighted by Crippen LogP contribution is 2.15. The number of aromatic nitrogens is 1. The molecule has 2 heterocycles. The molecule has 0 bridgehead atoms. The summed E-state index contributed by atoms with van der Waals surface area (Å²) in [5.41, 5.74) is 1.84. The van der Waals surface area contributed by atoms with Gasteiger partial charge in [0, 0.05) is 26.2 Å². The lowest BCUT2D eigenvalue weighted by molar-refractivity contribution is -0.132. The van der Waals surface area contributed by atoms with Gasteiger partial charge in [0.2, 0.25) is 5.91 Å². The second-order valence-electron chi connectivity index (χ2n) is 4.29. The Balaban J connectivity index is 1.98. The van der Waals surface area contributed by atoms with Gasteiger partial charge in [-0.05, 0) is 7.05 Å². The van der Waals surface area contributed by atoms with Crippen LogP contribution in [-0.2, 0) is 11.2 Å². The Morgan fingerprint density at radius 2 is 2.06 bits per heavy atom. The molecule has 0 unspecified atom stereocenters. The molecule has 98 valence electrons. The maximum atomic E-state index is 12.0. The van der Waals surface area contributed by atoms with Gasteiger partial charge in [-0.1, -0.05) is 0 Å². The van der Waals surface area contributed by atoms with E-state index in [9.17, 15) is 9.59 Å². The number of thiazole rings is 1. The zero-order valence-corrected chi connectivity index (χ0v) is 10.9. The summed E-state index contributed by atoms with van der Waals surface area (Å²) in [5, 5.41) is 8.95. The number of carboxylic acids is 1. The molecular formula is C11H15N3O3S. The number of hydrogen-bond donors (Lipinski definition) is 1. The van der Waals surface area contributed by atoms with Crippen LogP contribution >= 0.6 is 11.3 Å². The summed E-state index contributed by atoms with van der Waals surface area (Å²) >= 11 is 1.06. The molecule has 1 aromatic heterocycles. The third kappa shape index (κ3) is 2.85. The molecule has 0 aliphatic carbocycles. The molecule has 2 rings (SSSR count). The number of amides is 1. The Labute approximate surface area is 109 Å². The molecule has 18 heavy (non-hydrogen) atoms. The lowest BCUT2D eigenvalue weighted by Gasteiger charge is -2.32. The van der Waals surface area contributed by atoms with Crippen molar-refractivity contribution in [2.24, 2.45) is 0 Å². The van der Waals surface area contributed by atoms with Crippen molar-refractivity contribution in [1.29, 1.82) is 0 Å². The molecule has 1 saturated heterocycles. The fourth-order valence-electron chi connectivity index (χ4n) is 1.88. The van der Waals surface area contributed by atoms with Gasteiger partial charge < -0.3 is 14.9 Å². The molecule has 1 aliphatic rings. The number of carboxylic acid groups (broad SMARTS) is 1. The van der Waals surface area contributed by atoms with Crippen molar-refractivity contribution in [1.82, 2.24) is 14.8 Å². The van der Waals surface area contributed by atoms with Crippen LogP contribution in [-0.4, -0.2) is 65.0 Å². The SMILES string of the molecule is CN1CCN(C(=O)Cc2ncsc2C(=O)O)CC1. The Morgan fingerprint density at radius 1 is 1.39 bits per heavy atom. The number of aromatic carboxylic acids is 1. The first-order valence-electron chi connectivity index (χ1n) is 5.70. The van der Waals surface area contributed by atoms with Crippen LogP contribution in [0.1, 0.15) is 15.4 Å². The zero-order chi connectivity index (χ0) is 13.1. The van der Waals surface area contributed by atoms with E-state index in [-0.39, 0.29) is 17.2 Å². The summed E-state index contributed by atoms with van der Waals surface area (Å²) < 4.78 is 0. The summed E-state index contributed by atoms with van der Waals surface area (Å²) in [6, 6.07) is 0. The van der Waals surface area contributed by atoms with Crippen LogP contribution < -0.4 is 0 Å². The van der Waals surface area contributed by atoms with Crippen LogP contribution in [0.25, 0.3) is 0 Å². The maximum absolute atomic E-state index is 12.0. The van der Waals surface area contributed by atoms with Gasteiger partial charge in [-0.15, -0.1) is 11.3 Å². The summed E-state index contributed by atoms with van der Waals surface area (Å²) in [5.74, 6) is -1.06. The Hall–Kier alpha value is -1.47. The number of rotatable bonds is 3. The van der Waals surface area contributed by atoms with E-state index in [1.807, 2.05) is 7.05 Å². The Kier molecular flexibility index (Phi) is 3.93. The van der Waals surface area contributed by atoms with Gasteiger partial charge in [0.1, 0.15) is 4.88 Å². The number of piperazine rings is 1. The molecule has 0 saturated carbocycles. The van der Waals surface area contributed by atoms with Gasteiger partial charge in [-0.3, -0.25) is 4.79 Å². The zero-order valence-electron chi connectivity index (χ0n) is 10.1. The topological polar surface area (TPSA) is 73.7 Å². The van der Waals surface area contributed by atoms with Gasteiger partial charge in [0.05, 0.1) is 17.6 Å². The highest BCUT2D eigenvalue weighted by atomic mass is 32.1. The molecule has 1 amide bonds. The van der Waals surface area contributed by atoms with E-state index in [2.05, 4.69) is 9.88 Å². The smallest absolute Gasteiger partial charge is 0.347 e. The lowest BCUT2D eigenvalue weighted by atomic mass is 10.2. The van der Waals surface area contributed by atoms with E-state index in [1.165, 1.54) is 5.51 Å². The Bertz CT molecular complexity index is 452. The fourth-order valence-corrected chi connectivity index (χ4v) is 2.53. The predicted octanol–water partition coefficient (Wildman–Crippen LogP) is 0.158. The minimum atomic E-state index is -1.02. The largest absolute Gasteiger partial charge is 0.477 e. The van der Waals surface area contributed by atoms with E-state index < -0.39 is 5.97 Å². The number of likely N-dealkylation sites (N-methyl/N-ethyl adjacent to an activating group) is 1. The van der Waals surface area contributed by atoms with E-state index >= 15 is 0 Å². The first-order chi connectivity index (χ1) is 8.58. The lowest BCUT2D eigenvalue weighted by Crippen LogP contribution is -2.47. The van der Waals surface area contributed by atoms with Crippen molar-refractivity contribution in [2.45, 2.75) is 6.42 Å².